The molecule has 2 aromatic rings. The molecule has 2 aromatic carbocycles. The molecule has 0 aliphatic rings. The summed E-state index contributed by atoms with van der Waals surface area (Å²) in [6, 6.07) is 16.5. The second-order valence-corrected chi connectivity index (χ2v) is 5.43. The lowest BCUT2D eigenvalue weighted by molar-refractivity contribution is -0.136. The Morgan fingerprint density at radius 2 is 1.48 bits per heavy atom. The number of carboxylic acid groups (broad SMARTS) is 1. The molecule has 108 valence electrons. The van der Waals surface area contributed by atoms with E-state index in [-0.39, 0.29) is 6.42 Å². The summed E-state index contributed by atoms with van der Waals surface area (Å²) in [7, 11) is 0. The molecule has 2 nitrogen and oxygen atoms in total. The molecule has 0 bridgehead atoms. The van der Waals surface area contributed by atoms with Crippen LogP contribution in [0.25, 0.3) is 17.2 Å². The van der Waals surface area contributed by atoms with Crippen molar-refractivity contribution in [1.82, 2.24) is 0 Å². The topological polar surface area (TPSA) is 37.3 Å². The van der Waals surface area contributed by atoms with Gasteiger partial charge in [0.05, 0.1) is 0 Å². The Bertz CT molecular complexity index is 630. The van der Waals surface area contributed by atoms with Gasteiger partial charge in [-0.25, -0.2) is 0 Å². The molecule has 0 radical (unpaired) electrons. The Morgan fingerprint density at radius 3 is 1.95 bits per heavy atom. The molecular weight excluding hydrogens is 260 g/mol. The van der Waals surface area contributed by atoms with Gasteiger partial charge in [-0.1, -0.05) is 60.2 Å². The van der Waals surface area contributed by atoms with Gasteiger partial charge in [-0.15, -0.1) is 0 Å². The van der Waals surface area contributed by atoms with Crippen LogP contribution in [0.4, 0.5) is 0 Å². The fourth-order valence-corrected chi connectivity index (χ4v) is 2.22. The van der Waals surface area contributed by atoms with Crippen LogP contribution in [0.2, 0.25) is 0 Å². The number of carboxylic acids is 1. The van der Waals surface area contributed by atoms with Crippen molar-refractivity contribution in [2.45, 2.75) is 26.7 Å². The standard InChI is InChI=1S/C19H20O2/c1-14(2)13-16-5-10-18(11-6-16)17-8-3-15(4-9-17)7-12-19(20)21/h3-6,8-11,13H,7,12H2,1-2H3,(H,20,21). The van der Waals surface area contributed by atoms with E-state index >= 15 is 0 Å². The number of hydrogen-bond donors (Lipinski definition) is 1. The van der Waals surface area contributed by atoms with E-state index < -0.39 is 5.97 Å². The summed E-state index contributed by atoms with van der Waals surface area (Å²) in [5.74, 6) is -0.756. The van der Waals surface area contributed by atoms with Gasteiger partial charge >= 0.3 is 5.97 Å². The molecule has 0 atom stereocenters. The van der Waals surface area contributed by atoms with Crippen LogP contribution in [-0.4, -0.2) is 11.1 Å². The van der Waals surface area contributed by atoms with E-state index in [2.05, 4.69) is 44.2 Å². The van der Waals surface area contributed by atoms with Crippen molar-refractivity contribution in [3.63, 3.8) is 0 Å². The van der Waals surface area contributed by atoms with Gasteiger partial charge in [-0.2, -0.15) is 0 Å². The molecule has 0 aliphatic heterocycles. The first kappa shape index (κ1) is 15.0. The Morgan fingerprint density at radius 1 is 0.952 bits per heavy atom. The van der Waals surface area contributed by atoms with Crippen LogP contribution in [0.3, 0.4) is 0 Å². The van der Waals surface area contributed by atoms with Gasteiger partial charge in [-0.05, 0) is 42.5 Å². The molecule has 0 aromatic heterocycles. The highest BCUT2D eigenvalue weighted by molar-refractivity contribution is 5.68. The molecule has 0 saturated heterocycles. The average Bonchev–Trinajstić information content (AvgIpc) is 2.46. The molecular formula is C19H20O2. The second kappa shape index (κ2) is 6.89. The second-order valence-electron chi connectivity index (χ2n) is 5.43. The molecule has 0 saturated carbocycles. The highest BCUT2D eigenvalue weighted by Crippen LogP contribution is 2.21. The highest BCUT2D eigenvalue weighted by Gasteiger charge is 2.01. The van der Waals surface area contributed by atoms with E-state index in [0.717, 1.165) is 11.1 Å². The van der Waals surface area contributed by atoms with Crippen LogP contribution in [0.15, 0.2) is 54.1 Å². The molecule has 21 heavy (non-hydrogen) atoms. The number of hydrogen-bond acceptors (Lipinski definition) is 1. The largest absolute Gasteiger partial charge is 0.481 e. The summed E-state index contributed by atoms with van der Waals surface area (Å²) in [6.45, 7) is 4.17. The maximum absolute atomic E-state index is 10.6. The van der Waals surface area contributed by atoms with Gasteiger partial charge in [0, 0.05) is 6.42 Å². The van der Waals surface area contributed by atoms with Crippen LogP contribution in [-0.2, 0) is 11.2 Å². The highest BCUT2D eigenvalue weighted by atomic mass is 16.4. The van der Waals surface area contributed by atoms with Gasteiger partial charge < -0.3 is 5.11 Å². The zero-order chi connectivity index (χ0) is 15.2. The van der Waals surface area contributed by atoms with E-state index in [0.29, 0.717) is 6.42 Å². The third-order valence-corrected chi connectivity index (χ3v) is 3.28. The first-order chi connectivity index (χ1) is 10.0. The summed E-state index contributed by atoms with van der Waals surface area (Å²) in [4.78, 5) is 10.6. The molecule has 0 unspecified atom stereocenters. The average molecular weight is 280 g/mol. The van der Waals surface area contributed by atoms with Crippen LogP contribution in [0.5, 0.6) is 0 Å². The summed E-state index contributed by atoms with van der Waals surface area (Å²) in [6.07, 6.45) is 2.91. The summed E-state index contributed by atoms with van der Waals surface area (Å²) >= 11 is 0. The van der Waals surface area contributed by atoms with Crippen molar-refractivity contribution >= 4 is 12.0 Å². The van der Waals surface area contributed by atoms with Crippen molar-refractivity contribution in [3.05, 3.63) is 65.2 Å². The first-order valence-electron chi connectivity index (χ1n) is 7.10. The number of carbonyl (C=O) groups is 1. The van der Waals surface area contributed by atoms with Crippen LogP contribution < -0.4 is 0 Å². The zero-order valence-electron chi connectivity index (χ0n) is 12.5. The maximum atomic E-state index is 10.6. The van der Waals surface area contributed by atoms with E-state index in [9.17, 15) is 4.79 Å². The third kappa shape index (κ3) is 4.60. The molecule has 0 heterocycles. The van der Waals surface area contributed by atoms with E-state index in [1.165, 1.54) is 16.7 Å². The SMILES string of the molecule is CC(C)=Cc1ccc(-c2ccc(CCC(=O)O)cc2)cc1. The third-order valence-electron chi connectivity index (χ3n) is 3.28. The van der Waals surface area contributed by atoms with Gasteiger partial charge in [0.1, 0.15) is 0 Å². The predicted octanol–water partition coefficient (Wildman–Crippen LogP) is 4.79. The van der Waals surface area contributed by atoms with Crippen molar-refractivity contribution in [1.29, 1.82) is 0 Å². The molecule has 2 rings (SSSR count). The summed E-state index contributed by atoms with van der Waals surface area (Å²) in [5, 5.41) is 8.69. The summed E-state index contributed by atoms with van der Waals surface area (Å²) in [5.41, 5.74) is 5.87. The molecule has 1 N–H and O–H groups in total. The number of rotatable bonds is 5. The fourth-order valence-electron chi connectivity index (χ4n) is 2.22. The smallest absolute Gasteiger partial charge is 0.303 e. The van der Waals surface area contributed by atoms with Crippen molar-refractivity contribution in [2.75, 3.05) is 0 Å². The number of benzene rings is 2. The maximum Gasteiger partial charge on any atom is 0.303 e. The van der Waals surface area contributed by atoms with Crippen LogP contribution >= 0.6 is 0 Å². The van der Waals surface area contributed by atoms with Crippen molar-refractivity contribution < 1.29 is 9.90 Å². The van der Waals surface area contributed by atoms with Gasteiger partial charge in [0.25, 0.3) is 0 Å². The van der Waals surface area contributed by atoms with E-state index in [1.54, 1.807) is 0 Å². The lowest BCUT2D eigenvalue weighted by Crippen LogP contribution is -1.97. The molecule has 0 aliphatic carbocycles. The van der Waals surface area contributed by atoms with E-state index in [1.807, 2.05) is 24.3 Å². The van der Waals surface area contributed by atoms with E-state index in [4.69, 9.17) is 5.11 Å². The Kier molecular flexibility index (Phi) is 4.94. The quantitative estimate of drug-likeness (QED) is 0.854. The number of aryl methyl sites for hydroxylation is 1. The molecule has 0 amide bonds. The Balaban J connectivity index is 2.11. The first-order valence-corrected chi connectivity index (χ1v) is 7.10. The number of aliphatic carboxylic acids is 1. The predicted molar refractivity (Wildman–Crippen MR) is 87.2 cm³/mol. The van der Waals surface area contributed by atoms with Crippen molar-refractivity contribution in [3.8, 4) is 11.1 Å². The molecule has 0 spiro atoms. The molecule has 2 heteroatoms. The minimum atomic E-state index is -0.756. The Hall–Kier alpha value is -2.35. The lowest BCUT2D eigenvalue weighted by atomic mass is 10.0. The van der Waals surface area contributed by atoms with Crippen LogP contribution in [0.1, 0.15) is 31.4 Å². The minimum Gasteiger partial charge on any atom is -0.481 e. The van der Waals surface area contributed by atoms with Crippen molar-refractivity contribution in [2.24, 2.45) is 0 Å². The Labute approximate surface area is 125 Å². The lowest BCUT2D eigenvalue weighted by Gasteiger charge is -2.05. The monoisotopic (exact) mass is 280 g/mol. The fraction of sp³-hybridized carbons (Fsp3) is 0.211. The van der Waals surface area contributed by atoms with Gasteiger partial charge in [-0.3, -0.25) is 4.79 Å². The normalized spacial score (nSPS) is 10.2. The summed E-state index contributed by atoms with van der Waals surface area (Å²) < 4.78 is 0. The van der Waals surface area contributed by atoms with Gasteiger partial charge in [0.15, 0.2) is 0 Å². The van der Waals surface area contributed by atoms with Crippen LogP contribution in [0, 0.1) is 0 Å². The van der Waals surface area contributed by atoms with Gasteiger partial charge in [0.2, 0.25) is 0 Å². The number of allylic oxidation sites excluding steroid dienone is 1. The zero-order valence-corrected chi connectivity index (χ0v) is 12.5. The molecule has 0 fully saturated rings. The minimum absolute atomic E-state index is 0.177.